The standard InChI is InChI=1S/C17H19N3O4/c1-12-15(10-18-11-20-12)17(23)19-9-13-4-6-14(7-5-13)24-8-2-3-16(21)22/h4-7,10-11H,2-3,8-9H2,1H3,(H,19,23)(H,21,22). The molecule has 1 aromatic heterocycles. The fraction of sp³-hybridized carbons (Fsp3) is 0.294. The Hall–Kier alpha value is -2.96. The maximum absolute atomic E-state index is 12.1. The van der Waals surface area contributed by atoms with Gasteiger partial charge in [0.2, 0.25) is 0 Å². The number of rotatable bonds is 8. The second-order valence-corrected chi connectivity index (χ2v) is 5.19. The van der Waals surface area contributed by atoms with Crippen LogP contribution in [0.1, 0.15) is 34.5 Å². The average Bonchev–Trinajstić information content (AvgIpc) is 2.58. The van der Waals surface area contributed by atoms with E-state index in [4.69, 9.17) is 9.84 Å². The molecule has 0 unspecified atom stereocenters. The van der Waals surface area contributed by atoms with E-state index < -0.39 is 5.97 Å². The zero-order chi connectivity index (χ0) is 17.4. The lowest BCUT2D eigenvalue weighted by molar-refractivity contribution is -0.137. The van der Waals surface area contributed by atoms with Crippen LogP contribution < -0.4 is 10.1 Å². The highest BCUT2D eigenvalue weighted by molar-refractivity contribution is 5.94. The molecular formula is C17H19N3O4. The summed E-state index contributed by atoms with van der Waals surface area (Å²) in [6, 6.07) is 7.28. The van der Waals surface area contributed by atoms with Crippen molar-refractivity contribution in [3.8, 4) is 5.75 Å². The molecule has 0 saturated heterocycles. The van der Waals surface area contributed by atoms with E-state index in [1.54, 1.807) is 19.1 Å². The van der Waals surface area contributed by atoms with Crippen LogP contribution in [-0.4, -0.2) is 33.6 Å². The molecular weight excluding hydrogens is 310 g/mol. The summed E-state index contributed by atoms with van der Waals surface area (Å²) in [7, 11) is 0. The van der Waals surface area contributed by atoms with E-state index in [9.17, 15) is 9.59 Å². The average molecular weight is 329 g/mol. The Bertz CT molecular complexity index is 701. The lowest BCUT2D eigenvalue weighted by Crippen LogP contribution is -2.24. The Balaban J connectivity index is 1.80. The molecule has 0 spiro atoms. The number of aliphatic carboxylic acids is 1. The second-order valence-electron chi connectivity index (χ2n) is 5.19. The molecule has 0 aliphatic heterocycles. The van der Waals surface area contributed by atoms with Crippen molar-refractivity contribution in [1.29, 1.82) is 0 Å². The molecule has 7 nitrogen and oxygen atoms in total. The monoisotopic (exact) mass is 329 g/mol. The summed E-state index contributed by atoms with van der Waals surface area (Å²) in [5.41, 5.74) is 2.01. The number of benzene rings is 1. The van der Waals surface area contributed by atoms with Gasteiger partial charge in [0.25, 0.3) is 5.91 Å². The van der Waals surface area contributed by atoms with Gasteiger partial charge in [0.05, 0.1) is 17.9 Å². The number of carbonyl (C=O) groups excluding carboxylic acids is 1. The Morgan fingerprint density at radius 2 is 2.00 bits per heavy atom. The highest BCUT2D eigenvalue weighted by Gasteiger charge is 2.09. The Kier molecular flexibility index (Phi) is 6.24. The predicted molar refractivity (Wildman–Crippen MR) is 86.7 cm³/mol. The number of carboxylic acids is 1. The topological polar surface area (TPSA) is 101 Å². The second kappa shape index (κ2) is 8.61. The molecule has 126 valence electrons. The SMILES string of the molecule is Cc1ncncc1C(=O)NCc1ccc(OCCCC(=O)O)cc1. The Morgan fingerprint density at radius 1 is 1.25 bits per heavy atom. The van der Waals surface area contributed by atoms with Crippen LogP contribution in [0.2, 0.25) is 0 Å². The molecule has 0 radical (unpaired) electrons. The van der Waals surface area contributed by atoms with Gasteiger partial charge in [-0.1, -0.05) is 12.1 Å². The Labute approximate surface area is 139 Å². The third kappa shape index (κ3) is 5.35. The molecule has 0 aliphatic carbocycles. The Morgan fingerprint density at radius 3 is 2.67 bits per heavy atom. The van der Waals surface area contributed by atoms with Crippen LogP contribution in [0.25, 0.3) is 0 Å². The van der Waals surface area contributed by atoms with E-state index in [2.05, 4.69) is 15.3 Å². The van der Waals surface area contributed by atoms with E-state index in [1.165, 1.54) is 12.5 Å². The quantitative estimate of drug-likeness (QED) is 0.718. The third-order valence-corrected chi connectivity index (χ3v) is 3.34. The van der Waals surface area contributed by atoms with Gasteiger partial charge in [-0.2, -0.15) is 0 Å². The first kappa shape index (κ1) is 17.4. The predicted octanol–water partition coefficient (Wildman–Crippen LogP) is 1.96. The van der Waals surface area contributed by atoms with Crippen molar-refractivity contribution in [3.63, 3.8) is 0 Å². The summed E-state index contributed by atoms with van der Waals surface area (Å²) >= 11 is 0. The zero-order valence-corrected chi connectivity index (χ0v) is 13.4. The summed E-state index contributed by atoms with van der Waals surface area (Å²) in [6.07, 6.45) is 3.45. The van der Waals surface area contributed by atoms with Crippen molar-refractivity contribution in [3.05, 3.63) is 53.6 Å². The van der Waals surface area contributed by atoms with Crippen LogP contribution in [0.15, 0.2) is 36.8 Å². The first-order valence-electron chi connectivity index (χ1n) is 7.54. The van der Waals surface area contributed by atoms with E-state index in [1.807, 2.05) is 12.1 Å². The van der Waals surface area contributed by atoms with Gasteiger partial charge in [0, 0.05) is 19.2 Å². The maximum Gasteiger partial charge on any atom is 0.303 e. The molecule has 1 aromatic carbocycles. The lowest BCUT2D eigenvalue weighted by atomic mass is 10.2. The number of ether oxygens (including phenoxy) is 1. The van der Waals surface area contributed by atoms with Gasteiger partial charge < -0.3 is 15.2 Å². The molecule has 2 rings (SSSR count). The van der Waals surface area contributed by atoms with Crippen LogP contribution >= 0.6 is 0 Å². The van der Waals surface area contributed by atoms with Gasteiger partial charge in [-0.3, -0.25) is 9.59 Å². The summed E-state index contributed by atoms with van der Waals surface area (Å²) < 4.78 is 5.45. The number of hydrogen-bond acceptors (Lipinski definition) is 5. The number of carboxylic acid groups (broad SMARTS) is 1. The molecule has 0 atom stereocenters. The minimum absolute atomic E-state index is 0.0900. The van der Waals surface area contributed by atoms with E-state index in [-0.39, 0.29) is 12.3 Å². The van der Waals surface area contributed by atoms with Crippen molar-refractivity contribution in [2.45, 2.75) is 26.3 Å². The van der Waals surface area contributed by atoms with Crippen LogP contribution in [0.3, 0.4) is 0 Å². The molecule has 0 bridgehead atoms. The smallest absolute Gasteiger partial charge is 0.303 e. The molecule has 2 N–H and O–H groups in total. The molecule has 1 heterocycles. The van der Waals surface area contributed by atoms with Crippen molar-refractivity contribution in [2.75, 3.05) is 6.61 Å². The maximum atomic E-state index is 12.1. The summed E-state index contributed by atoms with van der Waals surface area (Å²) in [5.74, 6) is -0.381. The van der Waals surface area contributed by atoms with Crippen molar-refractivity contribution < 1.29 is 19.4 Å². The van der Waals surface area contributed by atoms with Gasteiger partial charge in [0.1, 0.15) is 12.1 Å². The molecule has 0 saturated carbocycles. The summed E-state index contributed by atoms with van der Waals surface area (Å²) in [5, 5.41) is 11.4. The normalized spacial score (nSPS) is 10.2. The highest BCUT2D eigenvalue weighted by Crippen LogP contribution is 2.13. The molecule has 0 aliphatic rings. The summed E-state index contributed by atoms with van der Waals surface area (Å²) in [4.78, 5) is 30.3. The lowest BCUT2D eigenvalue weighted by Gasteiger charge is -2.08. The number of carbonyl (C=O) groups is 2. The van der Waals surface area contributed by atoms with Crippen molar-refractivity contribution in [1.82, 2.24) is 15.3 Å². The van der Waals surface area contributed by atoms with E-state index in [0.29, 0.717) is 36.6 Å². The molecule has 0 fully saturated rings. The van der Waals surface area contributed by atoms with Crippen LogP contribution in [0, 0.1) is 6.92 Å². The van der Waals surface area contributed by atoms with Crippen molar-refractivity contribution >= 4 is 11.9 Å². The molecule has 7 heteroatoms. The van der Waals surface area contributed by atoms with Crippen molar-refractivity contribution in [2.24, 2.45) is 0 Å². The van der Waals surface area contributed by atoms with E-state index in [0.717, 1.165) is 5.56 Å². The first-order chi connectivity index (χ1) is 11.6. The molecule has 1 amide bonds. The number of nitrogens with zero attached hydrogens (tertiary/aromatic N) is 2. The van der Waals surface area contributed by atoms with Crippen LogP contribution in [0.5, 0.6) is 5.75 Å². The van der Waals surface area contributed by atoms with Gasteiger partial charge in [-0.05, 0) is 31.0 Å². The van der Waals surface area contributed by atoms with Crippen LogP contribution in [-0.2, 0) is 11.3 Å². The third-order valence-electron chi connectivity index (χ3n) is 3.34. The minimum Gasteiger partial charge on any atom is -0.494 e. The fourth-order valence-corrected chi connectivity index (χ4v) is 2.01. The molecule has 2 aromatic rings. The largest absolute Gasteiger partial charge is 0.494 e. The number of aryl methyl sites for hydroxylation is 1. The highest BCUT2D eigenvalue weighted by atomic mass is 16.5. The number of hydrogen-bond donors (Lipinski definition) is 2. The van der Waals surface area contributed by atoms with Gasteiger partial charge in [0.15, 0.2) is 0 Å². The molecule has 24 heavy (non-hydrogen) atoms. The minimum atomic E-state index is -0.830. The number of nitrogens with one attached hydrogen (secondary N) is 1. The van der Waals surface area contributed by atoms with E-state index >= 15 is 0 Å². The number of aromatic nitrogens is 2. The van der Waals surface area contributed by atoms with Crippen LogP contribution in [0.4, 0.5) is 0 Å². The summed E-state index contributed by atoms with van der Waals surface area (Å²) in [6.45, 7) is 2.50. The van der Waals surface area contributed by atoms with Gasteiger partial charge in [-0.25, -0.2) is 9.97 Å². The number of amides is 1. The van der Waals surface area contributed by atoms with Gasteiger partial charge >= 0.3 is 5.97 Å². The van der Waals surface area contributed by atoms with Gasteiger partial charge in [-0.15, -0.1) is 0 Å². The fourth-order valence-electron chi connectivity index (χ4n) is 2.01. The zero-order valence-electron chi connectivity index (χ0n) is 13.4. The first-order valence-corrected chi connectivity index (χ1v) is 7.54.